The van der Waals surface area contributed by atoms with E-state index in [9.17, 15) is 5.26 Å². The first kappa shape index (κ1) is 13.9. The Balaban J connectivity index is 2.19. The molecule has 0 radical (unpaired) electrons. The van der Waals surface area contributed by atoms with Crippen molar-refractivity contribution in [3.63, 3.8) is 0 Å². The van der Waals surface area contributed by atoms with Crippen molar-refractivity contribution in [1.29, 1.82) is 5.26 Å². The standard InChI is InChI=1S/C17H15ClN2O/c18-15-6-5-12(10-20)17-14(15)9-11-3-1-2-4-13(11)16(21-17)7-8-19/h1-6,16H,7-9,19H2. The quantitative estimate of drug-likeness (QED) is 0.922. The molecule has 0 aromatic heterocycles. The van der Waals surface area contributed by atoms with Gasteiger partial charge >= 0.3 is 0 Å². The highest BCUT2D eigenvalue weighted by Gasteiger charge is 2.25. The van der Waals surface area contributed by atoms with Crippen LogP contribution in [0.5, 0.6) is 5.75 Å². The third-order valence-corrected chi connectivity index (χ3v) is 4.14. The van der Waals surface area contributed by atoms with E-state index in [4.69, 9.17) is 22.1 Å². The Morgan fingerprint density at radius 3 is 2.86 bits per heavy atom. The fourth-order valence-electron chi connectivity index (χ4n) is 2.76. The summed E-state index contributed by atoms with van der Waals surface area (Å²) < 4.78 is 6.14. The topological polar surface area (TPSA) is 59.0 Å². The molecule has 0 aliphatic carbocycles. The minimum absolute atomic E-state index is 0.141. The highest BCUT2D eigenvalue weighted by molar-refractivity contribution is 6.31. The van der Waals surface area contributed by atoms with Gasteiger partial charge < -0.3 is 10.5 Å². The predicted octanol–water partition coefficient (Wildman–Crippen LogP) is 3.58. The molecule has 3 rings (SSSR count). The van der Waals surface area contributed by atoms with E-state index in [1.807, 2.05) is 12.1 Å². The zero-order chi connectivity index (χ0) is 14.8. The molecule has 0 saturated carbocycles. The molecular weight excluding hydrogens is 284 g/mol. The number of nitrogens with two attached hydrogens (primary N) is 1. The van der Waals surface area contributed by atoms with Gasteiger partial charge in [-0.05, 0) is 29.8 Å². The first-order valence-electron chi connectivity index (χ1n) is 6.90. The molecule has 3 nitrogen and oxygen atoms in total. The van der Waals surface area contributed by atoms with Crippen molar-refractivity contribution in [3.8, 4) is 11.8 Å². The summed E-state index contributed by atoms with van der Waals surface area (Å²) in [5, 5.41) is 9.94. The summed E-state index contributed by atoms with van der Waals surface area (Å²) in [7, 11) is 0. The van der Waals surface area contributed by atoms with Crippen LogP contribution in [0, 0.1) is 11.3 Å². The Morgan fingerprint density at radius 1 is 1.29 bits per heavy atom. The Hall–Kier alpha value is -2.02. The largest absolute Gasteiger partial charge is 0.484 e. The molecule has 0 saturated heterocycles. The number of ether oxygens (including phenoxy) is 1. The lowest BCUT2D eigenvalue weighted by Crippen LogP contribution is -2.14. The molecule has 0 spiro atoms. The Bertz CT molecular complexity index is 721. The number of halogens is 1. The molecule has 21 heavy (non-hydrogen) atoms. The molecule has 4 heteroatoms. The zero-order valence-corrected chi connectivity index (χ0v) is 12.2. The number of benzene rings is 2. The summed E-state index contributed by atoms with van der Waals surface area (Å²) in [4.78, 5) is 0. The van der Waals surface area contributed by atoms with Crippen LogP contribution in [0.2, 0.25) is 5.02 Å². The number of nitrogens with zero attached hydrogens (tertiary/aromatic N) is 1. The molecule has 106 valence electrons. The lowest BCUT2D eigenvalue weighted by Gasteiger charge is -2.19. The lowest BCUT2D eigenvalue weighted by molar-refractivity contribution is 0.198. The van der Waals surface area contributed by atoms with Crippen LogP contribution < -0.4 is 10.5 Å². The Morgan fingerprint density at radius 2 is 2.10 bits per heavy atom. The predicted molar refractivity (Wildman–Crippen MR) is 82.5 cm³/mol. The fourth-order valence-corrected chi connectivity index (χ4v) is 2.98. The van der Waals surface area contributed by atoms with E-state index in [1.54, 1.807) is 12.1 Å². The molecular formula is C17H15ClN2O. The van der Waals surface area contributed by atoms with E-state index in [0.29, 0.717) is 35.7 Å². The van der Waals surface area contributed by atoms with Crippen molar-refractivity contribution >= 4 is 11.6 Å². The van der Waals surface area contributed by atoms with Crippen molar-refractivity contribution in [1.82, 2.24) is 0 Å². The maximum absolute atomic E-state index is 9.31. The van der Waals surface area contributed by atoms with E-state index in [1.165, 1.54) is 5.56 Å². The molecule has 1 aliphatic rings. The molecule has 1 heterocycles. The van der Waals surface area contributed by atoms with Gasteiger partial charge in [-0.3, -0.25) is 0 Å². The SMILES string of the molecule is N#Cc1ccc(Cl)c2c1OC(CCN)c1ccccc1C2. The van der Waals surface area contributed by atoms with Crippen molar-refractivity contribution in [2.45, 2.75) is 18.9 Å². The fraction of sp³-hybridized carbons (Fsp3) is 0.235. The number of hydrogen-bond acceptors (Lipinski definition) is 3. The van der Waals surface area contributed by atoms with Gasteiger partial charge in [0, 0.05) is 23.4 Å². The average Bonchev–Trinajstić information content (AvgIpc) is 2.66. The van der Waals surface area contributed by atoms with Gasteiger partial charge in [0.15, 0.2) is 0 Å². The van der Waals surface area contributed by atoms with Crippen LogP contribution in [-0.4, -0.2) is 6.54 Å². The van der Waals surface area contributed by atoms with Gasteiger partial charge in [-0.1, -0.05) is 35.9 Å². The summed E-state index contributed by atoms with van der Waals surface area (Å²) in [6, 6.07) is 13.8. The van der Waals surface area contributed by atoms with E-state index >= 15 is 0 Å². The zero-order valence-electron chi connectivity index (χ0n) is 11.5. The number of nitriles is 1. The summed E-state index contributed by atoms with van der Waals surface area (Å²) in [6.07, 6.45) is 1.23. The van der Waals surface area contributed by atoms with E-state index in [2.05, 4.69) is 18.2 Å². The Kier molecular flexibility index (Phi) is 3.83. The van der Waals surface area contributed by atoms with Gasteiger partial charge in [-0.25, -0.2) is 0 Å². The lowest BCUT2D eigenvalue weighted by atomic mass is 9.96. The first-order chi connectivity index (χ1) is 10.2. The highest BCUT2D eigenvalue weighted by atomic mass is 35.5. The highest BCUT2D eigenvalue weighted by Crippen LogP contribution is 2.40. The van der Waals surface area contributed by atoms with Crippen molar-refractivity contribution in [2.24, 2.45) is 5.73 Å². The Labute approximate surface area is 128 Å². The molecule has 2 aromatic rings. The smallest absolute Gasteiger partial charge is 0.143 e. The number of hydrogen-bond donors (Lipinski definition) is 1. The summed E-state index contributed by atoms with van der Waals surface area (Å²) in [5.74, 6) is 0.597. The third-order valence-electron chi connectivity index (χ3n) is 3.78. The van der Waals surface area contributed by atoms with Crippen LogP contribution >= 0.6 is 11.6 Å². The summed E-state index contributed by atoms with van der Waals surface area (Å²) in [6.45, 7) is 0.525. The van der Waals surface area contributed by atoms with Crippen LogP contribution in [0.4, 0.5) is 0 Å². The van der Waals surface area contributed by atoms with Gasteiger partial charge in [0.25, 0.3) is 0 Å². The monoisotopic (exact) mass is 298 g/mol. The van der Waals surface area contributed by atoms with Crippen LogP contribution in [0.25, 0.3) is 0 Å². The van der Waals surface area contributed by atoms with Crippen molar-refractivity contribution < 1.29 is 4.74 Å². The average molecular weight is 299 g/mol. The van der Waals surface area contributed by atoms with Crippen molar-refractivity contribution in [2.75, 3.05) is 6.54 Å². The molecule has 1 aliphatic heterocycles. The molecule has 0 fully saturated rings. The van der Waals surface area contributed by atoms with Gasteiger partial charge in [0.2, 0.25) is 0 Å². The molecule has 2 aromatic carbocycles. The molecule has 0 amide bonds. The van der Waals surface area contributed by atoms with Gasteiger partial charge in [-0.15, -0.1) is 0 Å². The van der Waals surface area contributed by atoms with Gasteiger partial charge in [-0.2, -0.15) is 5.26 Å². The molecule has 1 unspecified atom stereocenters. The molecule has 0 bridgehead atoms. The van der Waals surface area contributed by atoms with Crippen molar-refractivity contribution in [3.05, 3.63) is 63.7 Å². The second-order valence-corrected chi connectivity index (χ2v) is 5.48. The third kappa shape index (κ3) is 2.49. The van der Waals surface area contributed by atoms with Crippen LogP contribution in [0.1, 0.15) is 34.8 Å². The van der Waals surface area contributed by atoms with Gasteiger partial charge in [0.1, 0.15) is 17.9 Å². The minimum atomic E-state index is -0.141. The molecule has 1 atom stereocenters. The second-order valence-electron chi connectivity index (χ2n) is 5.07. The number of fused-ring (bicyclic) bond motifs is 2. The maximum atomic E-state index is 9.31. The van der Waals surface area contributed by atoms with E-state index in [-0.39, 0.29) is 6.10 Å². The first-order valence-corrected chi connectivity index (χ1v) is 7.28. The van der Waals surface area contributed by atoms with Gasteiger partial charge in [0.05, 0.1) is 5.56 Å². The van der Waals surface area contributed by atoms with E-state index < -0.39 is 0 Å². The van der Waals surface area contributed by atoms with Crippen LogP contribution in [0.15, 0.2) is 36.4 Å². The van der Waals surface area contributed by atoms with E-state index in [0.717, 1.165) is 11.1 Å². The minimum Gasteiger partial charge on any atom is -0.484 e. The molecule has 2 N–H and O–H groups in total. The number of rotatable bonds is 2. The normalized spacial score (nSPS) is 16.1. The second kappa shape index (κ2) is 5.77. The maximum Gasteiger partial charge on any atom is 0.143 e. The van der Waals surface area contributed by atoms with Crippen LogP contribution in [0.3, 0.4) is 0 Å². The van der Waals surface area contributed by atoms with Crippen LogP contribution in [-0.2, 0) is 6.42 Å². The summed E-state index contributed by atoms with van der Waals surface area (Å²) in [5.41, 5.74) is 9.41. The summed E-state index contributed by atoms with van der Waals surface area (Å²) >= 11 is 6.32.